The van der Waals surface area contributed by atoms with Crippen LogP contribution in [0.5, 0.6) is 0 Å². The molecule has 0 amide bonds. The van der Waals surface area contributed by atoms with Crippen LogP contribution < -0.4 is 5.32 Å². The molecule has 0 bridgehead atoms. The topological polar surface area (TPSA) is 29.9 Å². The number of hydrogen-bond acceptors (Lipinski definition) is 2. The van der Waals surface area contributed by atoms with Gasteiger partial charge in [-0.3, -0.25) is 4.68 Å². The van der Waals surface area contributed by atoms with Crippen LogP contribution in [0.1, 0.15) is 6.92 Å². The second-order valence-electron chi connectivity index (χ2n) is 2.27. The fourth-order valence-electron chi connectivity index (χ4n) is 0.891. The van der Waals surface area contributed by atoms with Gasteiger partial charge in [0.25, 0.3) is 0 Å². The zero-order valence-corrected chi connectivity index (χ0v) is 6.75. The lowest BCUT2D eigenvalue weighted by atomic mass is 10.5. The van der Waals surface area contributed by atoms with Gasteiger partial charge in [-0.05, 0) is 6.92 Å². The summed E-state index contributed by atoms with van der Waals surface area (Å²) in [6.45, 7) is 7.39. The highest BCUT2D eigenvalue weighted by Gasteiger charge is 1.92. The highest BCUT2D eigenvalue weighted by atomic mass is 15.3. The summed E-state index contributed by atoms with van der Waals surface area (Å²) in [5.74, 6) is 0. The van der Waals surface area contributed by atoms with Crippen LogP contribution in [-0.4, -0.2) is 16.3 Å². The van der Waals surface area contributed by atoms with Crippen LogP contribution in [0.4, 0.5) is 5.69 Å². The van der Waals surface area contributed by atoms with E-state index in [4.69, 9.17) is 0 Å². The van der Waals surface area contributed by atoms with E-state index in [-0.39, 0.29) is 0 Å². The third-order valence-corrected chi connectivity index (χ3v) is 1.33. The van der Waals surface area contributed by atoms with E-state index in [2.05, 4.69) is 23.9 Å². The molecule has 0 atom stereocenters. The number of hydrogen-bond donors (Lipinski definition) is 1. The maximum absolute atomic E-state index is 4.11. The van der Waals surface area contributed by atoms with E-state index in [1.165, 1.54) is 0 Å². The molecular weight excluding hydrogens is 138 g/mol. The molecule has 0 aromatic carbocycles. The van der Waals surface area contributed by atoms with Gasteiger partial charge in [0.1, 0.15) is 0 Å². The van der Waals surface area contributed by atoms with Crippen LogP contribution >= 0.6 is 0 Å². The molecule has 0 saturated heterocycles. The second kappa shape index (κ2) is 3.81. The SMILES string of the molecule is C=CCn1cc(NCC)cn1. The molecule has 3 heteroatoms. The average molecular weight is 151 g/mol. The third kappa shape index (κ3) is 2.11. The number of aromatic nitrogens is 2. The van der Waals surface area contributed by atoms with Gasteiger partial charge in [-0.25, -0.2) is 0 Å². The van der Waals surface area contributed by atoms with Gasteiger partial charge in [-0.2, -0.15) is 5.10 Å². The number of allylic oxidation sites excluding steroid dienone is 1. The largest absolute Gasteiger partial charge is 0.383 e. The highest BCUT2D eigenvalue weighted by Crippen LogP contribution is 2.03. The Balaban J connectivity index is 2.57. The standard InChI is InChI=1S/C8H13N3/c1-3-5-11-7-8(6-10-11)9-4-2/h3,6-7,9H,1,4-5H2,2H3. The van der Waals surface area contributed by atoms with Crippen molar-refractivity contribution in [2.24, 2.45) is 0 Å². The van der Waals surface area contributed by atoms with Crippen LogP contribution in [0.2, 0.25) is 0 Å². The molecule has 0 aliphatic carbocycles. The summed E-state index contributed by atoms with van der Waals surface area (Å²) in [5, 5.41) is 7.28. The maximum atomic E-state index is 4.11. The molecule has 1 rings (SSSR count). The lowest BCUT2D eigenvalue weighted by molar-refractivity contribution is 0.703. The van der Waals surface area contributed by atoms with Crippen LogP contribution in [0.25, 0.3) is 0 Å². The minimum absolute atomic E-state index is 0.769. The van der Waals surface area contributed by atoms with Crippen molar-refractivity contribution in [1.29, 1.82) is 0 Å². The van der Waals surface area contributed by atoms with Crippen molar-refractivity contribution < 1.29 is 0 Å². The third-order valence-electron chi connectivity index (χ3n) is 1.33. The zero-order chi connectivity index (χ0) is 8.10. The van der Waals surface area contributed by atoms with E-state index in [9.17, 15) is 0 Å². The van der Waals surface area contributed by atoms with Gasteiger partial charge in [0, 0.05) is 12.7 Å². The van der Waals surface area contributed by atoms with Crippen LogP contribution in [0, 0.1) is 0 Å². The van der Waals surface area contributed by atoms with Gasteiger partial charge < -0.3 is 5.32 Å². The lowest BCUT2D eigenvalue weighted by Crippen LogP contribution is -1.95. The number of anilines is 1. The van der Waals surface area contributed by atoms with Crippen LogP contribution in [0.3, 0.4) is 0 Å². The number of nitrogens with zero attached hydrogens (tertiary/aromatic N) is 2. The van der Waals surface area contributed by atoms with Gasteiger partial charge in [0.15, 0.2) is 0 Å². The Hall–Kier alpha value is -1.25. The van der Waals surface area contributed by atoms with Crippen molar-refractivity contribution >= 4 is 5.69 Å². The molecule has 1 heterocycles. The van der Waals surface area contributed by atoms with Crippen LogP contribution in [0.15, 0.2) is 25.0 Å². The van der Waals surface area contributed by atoms with Crippen molar-refractivity contribution in [1.82, 2.24) is 9.78 Å². The molecule has 0 spiro atoms. The summed E-state index contributed by atoms with van der Waals surface area (Å²) in [4.78, 5) is 0. The lowest BCUT2D eigenvalue weighted by Gasteiger charge is -1.95. The minimum atomic E-state index is 0.769. The molecule has 60 valence electrons. The first kappa shape index (κ1) is 7.85. The second-order valence-corrected chi connectivity index (χ2v) is 2.27. The molecule has 0 aliphatic heterocycles. The van der Waals surface area contributed by atoms with Gasteiger partial charge in [0.05, 0.1) is 18.4 Å². The summed E-state index contributed by atoms with van der Waals surface area (Å²) < 4.78 is 1.84. The van der Waals surface area contributed by atoms with E-state index in [0.29, 0.717) is 0 Å². The van der Waals surface area contributed by atoms with Crippen molar-refractivity contribution in [3.05, 3.63) is 25.0 Å². The molecule has 0 radical (unpaired) electrons. The molecule has 1 aromatic rings. The summed E-state index contributed by atoms with van der Waals surface area (Å²) in [7, 11) is 0. The highest BCUT2D eigenvalue weighted by molar-refractivity contribution is 5.37. The summed E-state index contributed by atoms with van der Waals surface area (Å²) in [5.41, 5.74) is 1.06. The predicted octanol–water partition coefficient (Wildman–Crippen LogP) is 1.50. The van der Waals surface area contributed by atoms with Crippen molar-refractivity contribution in [2.75, 3.05) is 11.9 Å². The minimum Gasteiger partial charge on any atom is -0.383 e. The van der Waals surface area contributed by atoms with Gasteiger partial charge in [0.2, 0.25) is 0 Å². The molecule has 0 aliphatic rings. The number of rotatable bonds is 4. The van der Waals surface area contributed by atoms with E-state index in [0.717, 1.165) is 18.8 Å². The van der Waals surface area contributed by atoms with Gasteiger partial charge in [-0.1, -0.05) is 6.08 Å². The first-order valence-electron chi connectivity index (χ1n) is 3.74. The zero-order valence-electron chi connectivity index (χ0n) is 6.75. The number of nitrogens with one attached hydrogen (secondary N) is 1. The molecule has 0 unspecified atom stereocenters. The summed E-state index contributed by atoms with van der Waals surface area (Å²) >= 11 is 0. The first-order chi connectivity index (χ1) is 5.36. The Kier molecular flexibility index (Phi) is 2.72. The fourth-order valence-corrected chi connectivity index (χ4v) is 0.891. The van der Waals surface area contributed by atoms with E-state index in [1.54, 1.807) is 0 Å². The quantitative estimate of drug-likeness (QED) is 0.661. The molecule has 11 heavy (non-hydrogen) atoms. The molecule has 0 fully saturated rings. The van der Waals surface area contributed by atoms with Crippen molar-refractivity contribution in [3.63, 3.8) is 0 Å². The van der Waals surface area contributed by atoms with Crippen LogP contribution in [-0.2, 0) is 6.54 Å². The Bertz CT molecular complexity index is 227. The first-order valence-corrected chi connectivity index (χ1v) is 3.74. The maximum Gasteiger partial charge on any atom is 0.0726 e. The van der Waals surface area contributed by atoms with Gasteiger partial charge >= 0.3 is 0 Å². The summed E-state index contributed by atoms with van der Waals surface area (Å²) in [6, 6.07) is 0. The Labute approximate surface area is 66.7 Å². The Morgan fingerprint density at radius 1 is 1.82 bits per heavy atom. The Morgan fingerprint density at radius 3 is 3.27 bits per heavy atom. The monoisotopic (exact) mass is 151 g/mol. The summed E-state index contributed by atoms with van der Waals surface area (Å²) in [6.07, 6.45) is 5.60. The predicted molar refractivity (Wildman–Crippen MR) is 46.6 cm³/mol. The van der Waals surface area contributed by atoms with Crippen molar-refractivity contribution in [3.8, 4) is 0 Å². The molecule has 1 aromatic heterocycles. The smallest absolute Gasteiger partial charge is 0.0726 e. The molecular formula is C8H13N3. The van der Waals surface area contributed by atoms with E-state index >= 15 is 0 Å². The van der Waals surface area contributed by atoms with Crippen molar-refractivity contribution in [2.45, 2.75) is 13.5 Å². The average Bonchev–Trinajstić information content (AvgIpc) is 2.38. The molecule has 3 nitrogen and oxygen atoms in total. The van der Waals surface area contributed by atoms with E-state index < -0.39 is 0 Å². The van der Waals surface area contributed by atoms with E-state index in [1.807, 2.05) is 23.2 Å². The fraction of sp³-hybridized carbons (Fsp3) is 0.375. The molecule has 1 N–H and O–H groups in total. The molecule has 0 saturated carbocycles. The Morgan fingerprint density at radius 2 is 2.64 bits per heavy atom. The normalized spacial score (nSPS) is 9.55. The van der Waals surface area contributed by atoms with Gasteiger partial charge in [-0.15, -0.1) is 6.58 Å².